The quantitative estimate of drug-likeness (QED) is 0.246. The number of fused-ring (bicyclic) bond motifs is 7. The van der Waals surface area contributed by atoms with Gasteiger partial charge >= 0.3 is 0 Å². The Morgan fingerprint density at radius 3 is 1.93 bits per heavy atom. The van der Waals surface area contributed by atoms with Gasteiger partial charge in [-0.1, -0.05) is 66.7 Å². The molecule has 186 valence electrons. The van der Waals surface area contributed by atoms with Crippen LogP contribution in [0.1, 0.15) is 0 Å². The molecule has 0 N–H and O–H groups in total. The lowest BCUT2D eigenvalue weighted by Crippen LogP contribution is -2.57. The highest BCUT2D eigenvalue weighted by Crippen LogP contribution is 2.39. The van der Waals surface area contributed by atoms with E-state index in [-0.39, 0.29) is 6.71 Å². The Balaban J connectivity index is 1.30. The van der Waals surface area contributed by atoms with Crippen molar-refractivity contribution < 1.29 is 9.47 Å². The van der Waals surface area contributed by atoms with Crippen molar-refractivity contribution in [1.82, 2.24) is 9.55 Å². The first-order valence-electron chi connectivity index (χ1n) is 13.5. The molecule has 40 heavy (non-hydrogen) atoms. The monoisotopic (exact) mass is 512 g/mol. The van der Waals surface area contributed by atoms with Crippen LogP contribution >= 0.6 is 0 Å². The van der Waals surface area contributed by atoms with Crippen LogP contribution in [0.5, 0.6) is 23.0 Å². The van der Waals surface area contributed by atoms with Crippen molar-refractivity contribution >= 4 is 44.9 Å². The Labute approximate surface area is 231 Å². The van der Waals surface area contributed by atoms with Gasteiger partial charge in [0.15, 0.2) is 0 Å². The van der Waals surface area contributed by atoms with Gasteiger partial charge in [-0.2, -0.15) is 0 Å². The molecule has 9 rings (SSSR count). The zero-order chi connectivity index (χ0) is 26.2. The normalized spacial score (nSPS) is 12.8. The number of benzene rings is 5. The van der Waals surface area contributed by atoms with E-state index in [9.17, 15) is 0 Å². The topological polar surface area (TPSA) is 36.3 Å². The van der Waals surface area contributed by atoms with E-state index < -0.39 is 0 Å². The van der Waals surface area contributed by atoms with Crippen LogP contribution in [-0.4, -0.2) is 16.3 Å². The first-order valence-corrected chi connectivity index (χ1v) is 13.5. The molecule has 5 heteroatoms. The third-order valence-corrected chi connectivity index (χ3v) is 8.17. The minimum absolute atomic E-state index is 0.00503. The summed E-state index contributed by atoms with van der Waals surface area (Å²) in [6.45, 7) is -0.00503. The lowest BCUT2D eigenvalue weighted by molar-refractivity contribution is 0.464. The maximum absolute atomic E-state index is 6.68. The van der Waals surface area contributed by atoms with Gasteiger partial charge in [-0.25, -0.2) is 0 Å². The standard InChI is InChI=1S/C35H21BN2O2/c1-4-13-29-24(9-1)25-10-2-5-14-30(25)38(29)23-20-33-35-34(21-23)40-32-17-16-22(28-12-7-8-18-37-28)19-27(32)36(35)26-11-3-6-15-31(26)39-33/h1-21H. The van der Waals surface area contributed by atoms with Crippen molar-refractivity contribution in [3.05, 3.63) is 128 Å². The predicted octanol–water partition coefficient (Wildman–Crippen LogP) is 6.57. The van der Waals surface area contributed by atoms with E-state index in [1.807, 2.05) is 30.5 Å². The summed E-state index contributed by atoms with van der Waals surface area (Å²) < 4.78 is 15.6. The van der Waals surface area contributed by atoms with E-state index in [0.717, 1.165) is 67.4 Å². The van der Waals surface area contributed by atoms with Gasteiger partial charge < -0.3 is 14.0 Å². The minimum Gasteiger partial charge on any atom is -0.458 e. The lowest BCUT2D eigenvalue weighted by atomic mass is 9.34. The largest absolute Gasteiger partial charge is 0.458 e. The lowest BCUT2D eigenvalue weighted by Gasteiger charge is -2.33. The Morgan fingerprint density at radius 1 is 0.550 bits per heavy atom. The highest BCUT2D eigenvalue weighted by Gasteiger charge is 2.40. The Hall–Kier alpha value is -5.29. The summed E-state index contributed by atoms with van der Waals surface area (Å²) in [6, 6.07) is 42.2. The van der Waals surface area contributed by atoms with Gasteiger partial charge in [-0.05, 0) is 59.0 Å². The van der Waals surface area contributed by atoms with E-state index in [1.165, 1.54) is 10.8 Å². The molecule has 5 aromatic carbocycles. The molecule has 2 aliphatic rings. The number of hydrogen-bond donors (Lipinski definition) is 0. The molecule has 0 atom stereocenters. The second-order valence-electron chi connectivity index (χ2n) is 10.4. The van der Waals surface area contributed by atoms with Gasteiger partial charge in [0.25, 0.3) is 6.71 Å². The summed E-state index contributed by atoms with van der Waals surface area (Å²) in [7, 11) is 0. The molecule has 2 aromatic heterocycles. The third kappa shape index (κ3) is 3.00. The Kier molecular flexibility index (Phi) is 4.38. The highest BCUT2D eigenvalue weighted by atomic mass is 16.5. The smallest absolute Gasteiger partial charge is 0.260 e. The molecule has 0 aliphatic carbocycles. The summed E-state index contributed by atoms with van der Waals surface area (Å²) in [6.07, 6.45) is 1.83. The second kappa shape index (κ2) is 8.11. The predicted molar refractivity (Wildman–Crippen MR) is 162 cm³/mol. The van der Waals surface area contributed by atoms with Gasteiger partial charge in [-0.15, -0.1) is 0 Å². The number of aromatic nitrogens is 2. The van der Waals surface area contributed by atoms with E-state index in [2.05, 4.69) is 107 Å². The molecule has 7 aromatic rings. The van der Waals surface area contributed by atoms with Crippen LogP contribution in [0.25, 0.3) is 38.8 Å². The molecular formula is C35H21BN2O2. The van der Waals surface area contributed by atoms with Gasteiger partial charge in [0.05, 0.1) is 22.4 Å². The van der Waals surface area contributed by atoms with Crippen LogP contribution in [0.3, 0.4) is 0 Å². The van der Waals surface area contributed by atoms with Gasteiger partial charge in [0.2, 0.25) is 0 Å². The molecule has 0 unspecified atom stereocenters. The minimum atomic E-state index is -0.00503. The molecule has 2 aliphatic heterocycles. The summed E-state index contributed by atoms with van der Waals surface area (Å²) >= 11 is 0. The van der Waals surface area contributed by atoms with Crippen LogP contribution in [-0.2, 0) is 0 Å². The first kappa shape index (κ1) is 21.6. The summed E-state index contributed by atoms with van der Waals surface area (Å²) in [4.78, 5) is 4.59. The molecule has 0 fully saturated rings. The fourth-order valence-corrected chi connectivity index (χ4v) is 6.46. The van der Waals surface area contributed by atoms with E-state index in [0.29, 0.717) is 0 Å². The SMILES string of the molecule is c1ccc(-c2ccc3c(c2)B2c4ccccc4Oc4cc(-n5c6ccccc6c6ccccc65)cc(c42)O3)nc1. The second-order valence-corrected chi connectivity index (χ2v) is 10.4. The molecule has 0 spiro atoms. The van der Waals surface area contributed by atoms with Crippen molar-refractivity contribution in [2.24, 2.45) is 0 Å². The molecule has 0 saturated heterocycles. The Bertz CT molecular complexity index is 2060. The molecule has 4 heterocycles. The van der Waals surface area contributed by atoms with Crippen molar-refractivity contribution in [3.8, 4) is 39.9 Å². The van der Waals surface area contributed by atoms with Crippen LogP contribution in [0.2, 0.25) is 0 Å². The maximum atomic E-state index is 6.68. The molecule has 0 radical (unpaired) electrons. The number of ether oxygens (including phenoxy) is 2. The highest BCUT2D eigenvalue weighted by molar-refractivity contribution is 6.98. The van der Waals surface area contributed by atoms with Crippen LogP contribution in [0.4, 0.5) is 0 Å². The zero-order valence-corrected chi connectivity index (χ0v) is 21.4. The number of pyridine rings is 1. The maximum Gasteiger partial charge on any atom is 0.260 e. The van der Waals surface area contributed by atoms with Crippen molar-refractivity contribution in [2.75, 3.05) is 0 Å². The average Bonchev–Trinajstić information content (AvgIpc) is 3.35. The Morgan fingerprint density at radius 2 is 1.20 bits per heavy atom. The van der Waals surface area contributed by atoms with E-state index in [1.54, 1.807) is 0 Å². The number of rotatable bonds is 2. The van der Waals surface area contributed by atoms with Gasteiger partial charge in [0, 0.05) is 34.6 Å². The van der Waals surface area contributed by atoms with Crippen LogP contribution < -0.4 is 25.9 Å². The van der Waals surface area contributed by atoms with Crippen LogP contribution in [0.15, 0.2) is 128 Å². The fourth-order valence-electron chi connectivity index (χ4n) is 6.46. The van der Waals surface area contributed by atoms with E-state index >= 15 is 0 Å². The van der Waals surface area contributed by atoms with Gasteiger partial charge in [-0.3, -0.25) is 4.98 Å². The first-order chi connectivity index (χ1) is 19.8. The van der Waals surface area contributed by atoms with Crippen molar-refractivity contribution in [2.45, 2.75) is 0 Å². The zero-order valence-electron chi connectivity index (χ0n) is 21.4. The number of nitrogens with zero attached hydrogens (tertiary/aromatic N) is 2. The third-order valence-electron chi connectivity index (χ3n) is 8.17. The average molecular weight is 512 g/mol. The molecule has 4 nitrogen and oxygen atoms in total. The molecule has 0 bridgehead atoms. The molecule has 0 saturated carbocycles. The summed E-state index contributed by atoms with van der Waals surface area (Å²) in [5, 5.41) is 2.45. The molecular weight excluding hydrogens is 491 g/mol. The van der Waals surface area contributed by atoms with Crippen LogP contribution in [0, 0.1) is 0 Å². The molecule has 0 amide bonds. The summed E-state index contributed by atoms with van der Waals surface area (Å²) in [5.74, 6) is 3.39. The van der Waals surface area contributed by atoms with Crippen molar-refractivity contribution in [3.63, 3.8) is 0 Å². The fraction of sp³-hybridized carbons (Fsp3) is 0. The van der Waals surface area contributed by atoms with E-state index in [4.69, 9.17) is 9.47 Å². The number of para-hydroxylation sites is 3. The van der Waals surface area contributed by atoms with Gasteiger partial charge in [0.1, 0.15) is 23.0 Å². The summed E-state index contributed by atoms with van der Waals surface area (Å²) in [5.41, 5.74) is 8.66. The number of hydrogen-bond acceptors (Lipinski definition) is 3. The van der Waals surface area contributed by atoms with Crippen molar-refractivity contribution in [1.29, 1.82) is 0 Å².